The number of alkyl halides is 1. The van der Waals surface area contributed by atoms with E-state index in [1.807, 2.05) is 22.7 Å². The molecule has 0 atom stereocenters. The quantitative estimate of drug-likeness (QED) is 0.122. The number of fused-ring (bicyclic) bond motifs is 2. The first-order chi connectivity index (χ1) is 20.1. The Balaban J connectivity index is 0.000000197. The minimum atomic E-state index is -0.0936. The van der Waals surface area contributed by atoms with Gasteiger partial charge in [-0.1, -0.05) is 36.4 Å². The summed E-state index contributed by atoms with van der Waals surface area (Å²) in [5.74, 6) is 0.683. The van der Waals surface area contributed by atoms with Gasteiger partial charge in [-0.15, -0.1) is 46.7 Å². The van der Waals surface area contributed by atoms with Crippen LogP contribution in [0.5, 0.6) is 0 Å². The van der Waals surface area contributed by atoms with Crippen LogP contribution in [-0.2, 0) is 22.3 Å². The minimum Gasteiger partial charge on any atom is -0.390 e. The zero-order chi connectivity index (χ0) is 28.7. The van der Waals surface area contributed by atoms with Crippen LogP contribution in [0.1, 0.15) is 22.6 Å². The maximum atomic E-state index is 9.17. The summed E-state index contributed by atoms with van der Waals surface area (Å²) in [6, 6.07) is 21.5. The van der Waals surface area contributed by atoms with Crippen LogP contribution >= 0.6 is 46.7 Å². The van der Waals surface area contributed by atoms with Gasteiger partial charge in [0.25, 0.3) is 0 Å². The molecule has 2 aliphatic heterocycles. The summed E-state index contributed by atoms with van der Waals surface area (Å²) in [5, 5.41) is 23.1. The summed E-state index contributed by atoms with van der Waals surface area (Å²) in [5.41, 5.74) is 0. The van der Waals surface area contributed by atoms with Crippen molar-refractivity contribution in [2.45, 2.75) is 37.9 Å². The predicted molar refractivity (Wildman–Crippen MR) is 181 cm³/mol. The fraction of sp³-hybridized carbons (Fsp3) is 0.500. The van der Waals surface area contributed by atoms with E-state index in [1.54, 1.807) is 0 Å². The summed E-state index contributed by atoms with van der Waals surface area (Å²) in [6.45, 7) is 7.48. The molecule has 2 fully saturated rings. The van der Waals surface area contributed by atoms with Gasteiger partial charge in [-0.05, 0) is 47.9 Å². The molecule has 6 nitrogen and oxygen atoms in total. The summed E-state index contributed by atoms with van der Waals surface area (Å²) in [7, 11) is 0. The van der Waals surface area contributed by atoms with Gasteiger partial charge in [0.15, 0.2) is 0 Å². The number of nitrogens with one attached hydrogen (secondary N) is 1. The van der Waals surface area contributed by atoms with Crippen molar-refractivity contribution in [3.8, 4) is 0 Å². The Morgan fingerprint density at radius 1 is 0.762 bits per heavy atom. The van der Waals surface area contributed by atoms with Crippen molar-refractivity contribution in [3.63, 3.8) is 0 Å². The van der Waals surface area contributed by atoms with E-state index in [0.717, 1.165) is 84.8 Å². The molecule has 10 heteroatoms. The van der Waals surface area contributed by atoms with Crippen molar-refractivity contribution in [2.75, 3.05) is 65.0 Å². The highest BCUT2D eigenvalue weighted by atomic mass is 35.5. The second-order valence-corrected chi connectivity index (χ2v) is 13.1. The molecule has 0 saturated carbocycles. The van der Waals surface area contributed by atoms with Crippen LogP contribution in [0.25, 0.3) is 20.2 Å². The number of hydrogen-bond acceptors (Lipinski definition) is 8. The maximum Gasteiger partial charge on any atom is 0.0793 e. The Morgan fingerprint density at radius 3 is 1.69 bits per heavy atom. The fourth-order valence-corrected chi connectivity index (χ4v) is 6.61. The standard InChI is InChI=1S/C16H21NO2S.C13H15ClOS.C3H7NO.ClH/c18-14-11-17(12-14)7-3-8-19-9-6-15-10-13-4-1-2-5-16(13)20-15;14-7-3-8-15-9-6-12-10-11-4-1-2-5-13(11)16-12;5-3-1-4-2-3;/h1-2,4-5,10,14,18H,3,6-9,11-12H2;1-2,4-5,10H,3,6-9H2;3-5H,1-2H2;1H. The Labute approximate surface area is 269 Å². The molecule has 4 heterocycles. The van der Waals surface area contributed by atoms with E-state index in [9.17, 15) is 5.11 Å². The van der Waals surface area contributed by atoms with E-state index in [1.165, 1.54) is 29.9 Å². The molecule has 42 heavy (non-hydrogen) atoms. The molecular formula is C32H44Cl2N2O4S2. The van der Waals surface area contributed by atoms with E-state index < -0.39 is 0 Å². The third-order valence-electron chi connectivity index (χ3n) is 6.82. The molecule has 0 unspecified atom stereocenters. The van der Waals surface area contributed by atoms with Gasteiger partial charge in [0.1, 0.15) is 0 Å². The lowest BCUT2D eigenvalue weighted by atomic mass is 10.1. The fourth-order valence-electron chi connectivity index (χ4n) is 4.42. The van der Waals surface area contributed by atoms with Gasteiger partial charge in [0.05, 0.1) is 25.4 Å². The molecule has 0 spiro atoms. The van der Waals surface area contributed by atoms with Gasteiger partial charge in [0.2, 0.25) is 0 Å². The van der Waals surface area contributed by atoms with Crippen molar-refractivity contribution in [1.82, 2.24) is 10.2 Å². The number of benzene rings is 2. The first-order valence-corrected chi connectivity index (χ1v) is 16.7. The minimum absolute atomic E-state index is 0. The first-order valence-electron chi connectivity index (χ1n) is 14.6. The summed E-state index contributed by atoms with van der Waals surface area (Å²) in [6.07, 6.45) is 3.86. The molecule has 2 aromatic carbocycles. The van der Waals surface area contributed by atoms with Gasteiger partial charge in [-0.2, -0.15) is 0 Å². The molecule has 6 rings (SSSR count). The van der Waals surface area contributed by atoms with E-state index in [0.29, 0.717) is 5.88 Å². The van der Waals surface area contributed by atoms with E-state index in [-0.39, 0.29) is 24.6 Å². The lowest BCUT2D eigenvalue weighted by molar-refractivity contribution is -0.00303. The molecule has 4 aromatic rings. The highest BCUT2D eigenvalue weighted by Crippen LogP contribution is 2.26. The normalized spacial score (nSPS) is 15.2. The van der Waals surface area contributed by atoms with Crippen LogP contribution in [0.4, 0.5) is 0 Å². The Morgan fingerprint density at radius 2 is 1.26 bits per heavy atom. The molecule has 0 bridgehead atoms. The van der Waals surface area contributed by atoms with Crippen LogP contribution < -0.4 is 5.32 Å². The molecule has 0 aliphatic carbocycles. The number of thiophene rings is 2. The highest BCUT2D eigenvalue weighted by Gasteiger charge is 2.22. The van der Waals surface area contributed by atoms with Crippen molar-refractivity contribution in [1.29, 1.82) is 0 Å². The number of rotatable bonds is 13. The highest BCUT2D eigenvalue weighted by molar-refractivity contribution is 7.19. The van der Waals surface area contributed by atoms with Crippen LogP contribution in [0, 0.1) is 0 Å². The third-order valence-corrected chi connectivity index (χ3v) is 9.44. The maximum absolute atomic E-state index is 9.17. The Kier molecular flexibility index (Phi) is 16.6. The molecule has 0 amide bonds. The Hall–Kier alpha value is -1.30. The number of β-amino-alcohol motifs (C(OH)–C–C–N with tert-alkyl or cyclic N) is 2. The van der Waals surface area contributed by atoms with Crippen LogP contribution in [0.3, 0.4) is 0 Å². The van der Waals surface area contributed by atoms with E-state index in [4.69, 9.17) is 26.2 Å². The van der Waals surface area contributed by atoms with Crippen LogP contribution in [0.15, 0.2) is 60.7 Å². The number of halogens is 2. The van der Waals surface area contributed by atoms with Gasteiger partial charge >= 0.3 is 0 Å². The lowest BCUT2D eigenvalue weighted by Gasteiger charge is -2.35. The molecule has 3 N–H and O–H groups in total. The monoisotopic (exact) mass is 654 g/mol. The number of aliphatic hydroxyl groups excluding tert-OH is 2. The van der Waals surface area contributed by atoms with Gasteiger partial charge in [0, 0.05) is 83.8 Å². The second kappa shape index (κ2) is 19.9. The van der Waals surface area contributed by atoms with Crippen molar-refractivity contribution >= 4 is 66.9 Å². The lowest BCUT2D eigenvalue weighted by Crippen LogP contribution is -2.50. The number of aliphatic hydroxyl groups is 2. The molecule has 2 saturated heterocycles. The van der Waals surface area contributed by atoms with Crippen molar-refractivity contribution in [3.05, 3.63) is 70.4 Å². The zero-order valence-electron chi connectivity index (χ0n) is 24.1. The van der Waals surface area contributed by atoms with E-state index >= 15 is 0 Å². The van der Waals surface area contributed by atoms with Gasteiger partial charge in [-0.3, -0.25) is 4.90 Å². The van der Waals surface area contributed by atoms with Crippen LogP contribution in [-0.4, -0.2) is 92.4 Å². The largest absolute Gasteiger partial charge is 0.390 e. The number of ether oxygens (including phenoxy) is 2. The summed E-state index contributed by atoms with van der Waals surface area (Å²) in [4.78, 5) is 5.06. The molecular weight excluding hydrogens is 611 g/mol. The number of hydrogen-bond donors (Lipinski definition) is 3. The average molecular weight is 656 g/mol. The number of nitrogens with zero attached hydrogens (tertiary/aromatic N) is 1. The van der Waals surface area contributed by atoms with Gasteiger partial charge in [-0.25, -0.2) is 0 Å². The topological polar surface area (TPSA) is 74.2 Å². The SMILES string of the molecule is Cl.ClCCCOCCc1cc2ccccc2s1.OC1CN(CCCOCCc2cc3ccccc3s2)C1.OC1CNC1. The third kappa shape index (κ3) is 12.4. The second-order valence-electron chi connectivity index (χ2n) is 10.3. The van der Waals surface area contributed by atoms with E-state index in [2.05, 4.69) is 70.9 Å². The Bertz CT molecular complexity index is 1210. The zero-order valence-corrected chi connectivity index (χ0v) is 27.3. The molecule has 2 aromatic heterocycles. The van der Waals surface area contributed by atoms with Crippen LogP contribution in [0.2, 0.25) is 0 Å². The summed E-state index contributed by atoms with van der Waals surface area (Å²) >= 11 is 9.29. The van der Waals surface area contributed by atoms with Crippen molar-refractivity contribution in [2.24, 2.45) is 0 Å². The molecule has 2 aliphatic rings. The molecule has 0 radical (unpaired) electrons. The average Bonchev–Trinajstić information content (AvgIpc) is 3.56. The van der Waals surface area contributed by atoms with Crippen molar-refractivity contribution < 1.29 is 19.7 Å². The summed E-state index contributed by atoms with van der Waals surface area (Å²) < 4.78 is 13.9. The smallest absolute Gasteiger partial charge is 0.0793 e. The van der Waals surface area contributed by atoms with Gasteiger partial charge < -0.3 is 25.0 Å². The first kappa shape index (κ1) is 35.2. The predicted octanol–water partition coefficient (Wildman–Crippen LogP) is 5.99. The number of likely N-dealkylation sites (tertiary alicyclic amines) is 1. The molecule has 232 valence electrons.